The van der Waals surface area contributed by atoms with Crippen LogP contribution in [0.5, 0.6) is 0 Å². The van der Waals surface area contributed by atoms with Crippen LogP contribution in [0, 0.1) is 5.92 Å². The quantitative estimate of drug-likeness (QED) is 0.690. The maximum absolute atomic E-state index is 12.1. The van der Waals surface area contributed by atoms with Crippen LogP contribution in [0.15, 0.2) is 24.3 Å². The number of ether oxygens (including phenoxy) is 1. The van der Waals surface area contributed by atoms with Crippen molar-refractivity contribution in [3.63, 3.8) is 0 Å². The summed E-state index contributed by atoms with van der Waals surface area (Å²) in [6.07, 6.45) is 0. The van der Waals surface area contributed by atoms with Gasteiger partial charge in [0, 0.05) is 13.7 Å². The smallest absolute Gasteiger partial charge is 0.234 e. The molecule has 2 N–H and O–H groups in total. The summed E-state index contributed by atoms with van der Waals surface area (Å²) in [6.45, 7) is 10.2. The second-order valence-corrected chi connectivity index (χ2v) is 6.28. The van der Waals surface area contributed by atoms with E-state index in [0.717, 1.165) is 5.56 Å². The van der Waals surface area contributed by atoms with Gasteiger partial charge in [-0.3, -0.25) is 4.79 Å². The Bertz CT molecular complexity index is 441. The molecule has 0 fully saturated rings. The fourth-order valence-corrected chi connectivity index (χ4v) is 2.32. The average molecular weight is 306 g/mol. The van der Waals surface area contributed by atoms with Gasteiger partial charge in [0.2, 0.25) is 5.91 Å². The maximum atomic E-state index is 12.1. The van der Waals surface area contributed by atoms with Crippen LogP contribution >= 0.6 is 0 Å². The van der Waals surface area contributed by atoms with Crippen LogP contribution in [-0.2, 0) is 9.53 Å². The number of hydrogen-bond donors (Lipinski definition) is 2. The van der Waals surface area contributed by atoms with E-state index >= 15 is 0 Å². The number of amides is 1. The predicted molar refractivity (Wildman–Crippen MR) is 91.0 cm³/mol. The van der Waals surface area contributed by atoms with E-state index in [0.29, 0.717) is 31.5 Å². The number of rotatable bonds is 9. The molecule has 0 bridgehead atoms. The summed E-state index contributed by atoms with van der Waals surface area (Å²) in [4.78, 5) is 12.1. The largest absolute Gasteiger partial charge is 0.383 e. The van der Waals surface area contributed by atoms with Gasteiger partial charge in [-0.25, -0.2) is 0 Å². The lowest BCUT2D eigenvalue weighted by Crippen LogP contribution is -2.38. The van der Waals surface area contributed by atoms with E-state index in [-0.39, 0.29) is 11.9 Å². The van der Waals surface area contributed by atoms with Gasteiger partial charge in [0.05, 0.1) is 19.2 Å². The van der Waals surface area contributed by atoms with Crippen LogP contribution in [-0.4, -0.2) is 32.7 Å². The summed E-state index contributed by atoms with van der Waals surface area (Å²) in [6, 6.07) is 8.59. The Morgan fingerprint density at radius 1 is 1.09 bits per heavy atom. The van der Waals surface area contributed by atoms with E-state index in [2.05, 4.69) is 62.6 Å². The highest BCUT2D eigenvalue weighted by atomic mass is 16.5. The van der Waals surface area contributed by atoms with Crippen molar-refractivity contribution in [1.29, 1.82) is 0 Å². The Morgan fingerprint density at radius 3 is 2.18 bits per heavy atom. The third-order valence-corrected chi connectivity index (χ3v) is 3.71. The molecule has 0 aliphatic rings. The minimum Gasteiger partial charge on any atom is -0.383 e. The van der Waals surface area contributed by atoms with Crippen molar-refractivity contribution < 1.29 is 9.53 Å². The molecule has 1 aromatic carbocycles. The van der Waals surface area contributed by atoms with Crippen LogP contribution in [0.25, 0.3) is 0 Å². The monoisotopic (exact) mass is 306 g/mol. The number of carbonyl (C=O) groups excluding carboxylic acids is 1. The van der Waals surface area contributed by atoms with Crippen LogP contribution in [0.1, 0.15) is 50.8 Å². The molecule has 0 radical (unpaired) electrons. The van der Waals surface area contributed by atoms with Crippen LogP contribution < -0.4 is 10.6 Å². The van der Waals surface area contributed by atoms with Gasteiger partial charge < -0.3 is 15.4 Å². The van der Waals surface area contributed by atoms with Crippen LogP contribution in [0.4, 0.5) is 0 Å². The first-order valence-corrected chi connectivity index (χ1v) is 8.04. The minimum atomic E-state index is 0.0164. The first-order valence-electron chi connectivity index (χ1n) is 8.04. The zero-order chi connectivity index (χ0) is 16.5. The molecule has 0 aliphatic heterocycles. The molecule has 22 heavy (non-hydrogen) atoms. The highest BCUT2D eigenvalue weighted by Crippen LogP contribution is 2.23. The van der Waals surface area contributed by atoms with E-state index in [1.165, 1.54) is 5.56 Å². The molecule has 1 amide bonds. The molecule has 0 heterocycles. The topological polar surface area (TPSA) is 50.4 Å². The lowest BCUT2D eigenvalue weighted by Gasteiger charge is -2.23. The second kappa shape index (κ2) is 9.59. The van der Waals surface area contributed by atoms with Crippen molar-refractivity contribution in [2.24, 2.45) is 5.92 Å². The summed E-state index contributed by atoms with van der Waals surface area (Å²) >= 11 is 0. The SMILES string of the molecule is COCCNCC(=O)NC(c1ccc(C(C)C)cc1)C(C)C. The Morgan fingerprint density at radius 2 is 1.68 bits per heavy atom. The van der Waals surface area contributed by atoms with Crippen LogP contribution in [0.2, 0.25) is 0 Å². The summed E-state index contributed by atoms with van der Waals surface area (Å²) in [5, 5.41) is 6.18. The van der Waals surface area contributed by atoms with Crippen LogP contribution in [0.3, 0.4) is 0 Å². The first kappa shape index (κ1) is 18.7. The van der Waals surface area contributed by atoms with Crippen molar-refractivity contribution in [3.05, 3.63) is 35.4 Å². The van der Waals surface area contributed by atoms with Gasteiger partial charge in [-0.1, -0.05) is 52.0 Å². The zero-order valence-electron chi connectivity index (χ0n) is 14.5. The normalized spacial score (nSPS) is 12.7. The molecule has 0 spiro atoms. The highest BCUT2D eigenvalue weighted by molar-refractivity contribution is 5.78. The van der Waals surface area contributed by atoms with Gasteiger partial charge in [0.15, 0.2) is 0 Å². The standard InChI is InChI=1S/C18H30N2O2/c1-13(2)15-6-8-16(9-7-15)18(14(3)4)20-17(21)12-19-10-11-22-5/h6-9,13-14,18-19H,10-12H2,1-5H3,(H,20,21). The third-order valence-electron chi connectivity index (χ3n) is 3.71. The molecule has 0 aromatic heterocycles. The van der Waals surface area contributed by atoms with Crippen molar-refractivity contribution in [2.45, 2.75) is 39.7 Å². The average Bonchev–Trinajstić information content (AvgIpc) is 2.49. The van der Waals surface area contributed by atoms with Gasteiger partial charge in [-0.05, 0) is 23.0 Å². The Balaban J connectivity index is 2.63. The molecule has 1 atom stereocenters. The molecule has 124 valence electrons. The van der Waals surface area contributed by atoms with Gasteiger partial charge >= 0.3 is 0 Å². The summed E-state index contributed by atoms with van der Waals surface area (Å²) in [5.74, 6) is 0.877. The number of benzene rings is 1. The maximum Gasteiger partial charge on any atom is 0.234 e. The molecule has 0 saturated carbocycles. The van der Waals surface area contributed by atoms with E-state index < -0.39 is 0 Å². The van der Waals surface area contributed by atoms with Gasteiger partial charge in [0.1, 0.15) is 0 Å². The van der Waals surface area contributed by atoms with E-state index in [4.69, 9.17) is 4.74 Å². The van der Waals surface area contributed by atoms with E-state index in [9.17, 15) is 4.79 Å². The van der Waals surface area contributed by atoms with E-state index in [1.807, 2.05) is 0 Å². The minimum absolute atomic E-state index is 0.0164. The lowest BCUT2D eigenvalue weighted by atomic mass is 9.93. The van der Waals surface area contributed by atoms with Gasteiger partial charge in [-0.2, -0.15) is 0 Å². The first-order chi connectivity index (χ1) is 10.5. The molecule has 0 aliphatic carbocycles. The summed E-state index contributed by atoms with van der Waals surface area (Å²) in [5.41, 5.74) is 2.48. The molecule has 0 saturated heterocycles. The molecule has 1 rings (SSSR count). The molecule has 1 unspecified atom stereocenters. The number of nitrogens with one attached hydrogen (secondary N) is 2. The van der Waals surface area contributed by atoms with Gasteiger partial charge in [-0.15, -0.1) is 0 Å². The van der Waals surface area contributed by atoms with E-state index in [1.54, 1.807) is 7.11 Å². The Labute approximate surface area is 134 Å². The fraction of sp³-hybridized carbons (Fsp3) is 0.611. The van der Waals surface area contributed by atoms with Gasteiger partial charge in [0.25, 0.3) is 0 Å². The zero-order valence-corrected chi connectivity index (χ0v) is 14.5. The van der Waals surface area contributed by atoms with Crippen molar-refractivity contribution in [2.75, 3.05) is 26.8 Å². The Kier molecular flexibility index (Phi) is 8.13. The molecule has 4 heteroatoms. The number of hydrogen-bond acceptors (Lipinski definition) is 3. The number of carbonyl (C=O) groups is 1. The third kappa shape index (κ3) is 6.16. The number of methoxy groups -OCH3 is 1. The molecule has 1 aromatic rings. The second-order valence-electron chi connectivity index (χ2n) is 6.28. The highest BCUT2D eigenvalue weighted by Gasteiger charge is 2.18. The molecular formula is C18H30N2O2. The van der Waals surface area contributed by atoms with Crippen molar-refractivity contribution in [3.8, 4) is 0 Å². The van der Waals surface area contributed by atoms with Crippen molar-refractivity contribution in [1.82, 2.24) is 10.6 Å². The predicted octanol–water partition coefficient (Wildman–Crippen LogP) is 2.86. The van der Waals surface area contributed by atoms with Crippen molar-refractivity contribution >= 4 is 5.91 Å². The Hall–Kier alpha value is -1.39. The fourth-order valence-electron chi connectivity index (χ4n) is 2.32. The summed E-state index contributed by atoms with van der Waals surface area (Å²) < 4.78 is 4.95. The lowest BCUT2D eigenvalue weighted by molar-refractivity contribution is -0.121. The molecular weight excluding hydrogens is 276 g/mol. The summed E-state index contributed by atoms with van der Waals surface area (Å²) in [7, 11) is 1.65. The molecule has 4 nitrogen and oxygen atoms in total.